The van der Waals surface area contributed by atoms with Crippen molar-refractivity contribution in [2.75, 3.05) is 29.6 Å². The summed E-state index contributed by atoms with van der Waals surface area (Å²) in [4.78, 5) is 11.5. The van der Waals surface area contributed by atoms with E-state index in [1.165, 1.54) is 0 Å². The van der Waals surface area contributed by atoms with E-state index < -0.39 is 0 Å². The quantitative estimate of drug-likeness (QED) is 0.344. The van der Waals surface area contributed by atoms with Gasteiger partial charge in [-0.3, -0.25) is 0 Å². The number of para-hydroxylation sites is 1. The van der Waals surface area contributed by atoms with Crippen molar-refractivity contribution in [3.63, 3.8) is 0 Å². The van der Waals surface area contributed by atoms with E-state index in [4.69, 9.17) is 27.1 Å². The molecule has 5 rings (SSSR count). The number of rotatable bonds is 5. The van der Waals surface area contributed by atoms with Crippen LogP contribution in [0.25, 0.3) is 22.2 Å². The fourth-order valence-corrected chi connectivity index (χ4v) is 5.10. The molecule has 0 bridgehead atoms. The zero-order chi connectivity index (χ0) is 24.0. The van der Waals surface area contributed by atoms with Crippen molar-refractivity contribution in [2.45, 2.75) is 32.2 Å². The standard InChI is InChI=1S/C26H29ClN6O/c1-26(2)10-7-11-33(26)22-13-23(34-4)20(12-19(22)28)30-25-29-14-18(27)24(31-25)17-15-32(3)21-9-6-5-8-16(17)21/h5-6,8-9,12-15H,7,10-11,28H2,1-4H3,(H,29,30,31). The first-order valence-corrected chi connectivity index (χ1v) is 11.8. The first kappa shape index (κ1) is 22.3. The van der Waals surface area contributed by atoms with Crippen LogP contribution in [0.1, 0.15) is 26.7 Å². The van der Waals surface area contributed by atoms with Gasteiger partial charge in [0.25, 0.3) is 0 Å². The Morgan fingerprint density at radius 1 is 1.21 bits per heavy atom. The summed E-state index contributed by atoms with van der Waals surface area (Å²) in [7, 11) is 3.66. The molecule has 0 amide bonds. The number of nitrogens with two attached hydrogens (primary N) is 1. The summed E-state index contributed by atoms with van der Waals surface area (Å²) in [5.74, 6) is 1.09. The van der Waals surface area contributed by atoms with Gasteiger partial charge in [0.1, 0.15) is 5.75 Å². The molecule has 1 aliphatic heterocycles. The van der Waals surface area contributed by atoms with Gasteiger partial charge in [0.05, 0.1) is 41.1 Å². The lowest BCUT2D eigenvalue weighted by atomic mass is 10.0. The lowest BCUT2D eigenvalue weighted by Gasteiger charge is -2.35. The highest BCUT2D eigenvalue weighted by molar-refractivity contribution is 6.33. The molecular weight excluding hydrogens is 448 g/mol. The highest BCUT2D eigenvalue weighted by atomic mass is 35.5. The van der Waals surface area contributed by atoms with Crippen LogP contribution in [0.3, 0.4) is 0 Å². The van der Waals surface area contributed by atoms with Crippen LogP contribution in [0, 0.1) is 0 Å². The van der Waals surface area contributed by atoms with Gasteiger partial charge < -0.3 is 25.3 Å². The first-order chi connectivity index (χ1) is 16.3. The number of aryl methyl sites for hydroxylation is 1. The smallest absolute Gasteiger partial charge is 0.227 e. The van der Waals surface area contributed by atoms with Crippen molar-refractivity contribution < 1.29 is 4.74 Å². The van der Waals surface area contributed by atoms with Crippen molar-refractivity contribution >= 4 is 45.5 Å². The third kappa shape index (κ3) is 3.80. The minimum Gasteiger partial charge on any atom is -0.494 e. The number of methoxy groups -OCH3 is 1. The van der Waals surface area contributed by atoms with E-state index in [1.54, 1.807) is 13.3 Å². The molecule has 8 heteroatoms. The van der Waals surface area contributed by atoms with Crippen molar-refractivity contribution in [1.82, 2.24) is 14.5 Å². The molecule has 0 atom stereocenters. The lowest BCUT2D eigenvalue weighted by molar-refractivity contribution is 0.416. The van der Waals surface area contributed by atoms with Crippen LogP contribution in [0.5, 0.6) is 5.75 Å². The van der Waals surface area contributed by atoms with Crippen LogP contribution in [0.2, 0.25) is 5.02 Å². The average molecular weight is 477 g/mol. The molecule has 176 valence electrons. The van der Waals surface area contributed by atoms with Gasteiger partial charge >= 0.3 is 0 Å². The summed E-state index contributed by atoms with van der Waals surface area (Å²) in [5, 5.41) is 4.85. The summed E-state index contributed by atoms with van der Waals surface area (Å²) in [6, 6.07) is 12.0. The number of hydrogen-bond acceptors (Lipinski definition) is 6. The molecule has 3 N–H and O–H groups in total. The largest absolute Gasteiger partial charge is 0.494 e. The molecule has 0 saturated carbocycles. The number of anilines is 4. The molecule has 2 aromatic carbocycles. The Balaban J connectivity index is 1.52. The molecule has 3 heterocycles. The minimum atomic E-state index is 0.0563. The van der Waals surface area contributed by atoms with E-state index in [0.717, 1.165) is 41.5 Å². The average Bonchev–Trinajstić information content (AvgIpc) is 3.34. The maximum absolute atomic E-state index is 6.54. The topological polar surface area (TPSA) is 81.2 Å². The number of benzene rings is 2. The Bertz CT molecular complexity index is 1380. The number of nitrogens with zero attached hydrogens (tertiary/aromatic N) is 4. The van der Waals surface area contributed by atoms with Crippen molar-refractivity contribution in [1.29, 1.82) is 0 Å². The molecule has 0 unspecified atom stereocenters. The maximum atomic E-state index is 6.54. The zero-order valence-electron chi connectivity index (χ0n) is 19.9. The van der Waals surface area contributed by atoms with E-state index in [0.29, 0.717) is 33.8 Å². The van der Waals surface area contributed by atoms with Crippen molar-refractivity contribution in [3.8, 4) is 17.0 Å². The first-order valence-electron chi connectivity index (χ1n) is 11.4. The summed E-state index contributed by atoms with van der Waals surface area (Å²) in [6.45, 7) is 5.46. The Morgan fingerprint density at radius 2 is 2.00 bits per heavy atom. The molecule has 4 aromatic rings. The summed E-state index contributed by atoms with van der Waals surface area (Å²) >= 11 is 6.54. The molecule has 0 radical (unpaired) electrons. The fraction of sp³-hybridized carbons (Fsp3) is 0.308. The molecule has 1 saturated heterocycles. The Morgan fingerprint density at radius 3 is 2.74 bits per heavy atom. The third-order valence-electron chi connectivity index (χ3n) is 6.68. The van der Waals surface area contributed by atoms with Gasteiger partial charge in [-0.15, -0.1) is 0 Å². The normalized spacial score (nSPS) is 15.1. The lowest BCUT2D eigenvalue weighted by Crippen LogP contribution is -2.38. The van der Waals surface area contributed by atoms with Gasteiger partial charge in [0, 0.05) is 47.9 Å². The van der Waals surface area contributed by atoms with E-state index in [1.807, 2.05) is 37.5 Å². The molecule has 7 nitrogen and oxygen atoms in total. The van der Waals surface area contributed by atoms with E-state index in [2.05, 4.69) is 45.7 Å². The summed E-state index contributed by atoms with van der Waals surface area (Å²) < 4.78 is 7.78. The molecule has 0 aliphatic carbocycles. The molecule has 0 spiro atoms. The number of hydrogen-bond donors (Lipinski definition) is 2. The van der Waals surface area contributed by atoms with Crippen LogP contribution in [-0.2, 0) is 7.05 Å². The van der Waals surface area contributed by atoms with Gasteiger partial charge in [-0.2, -0.15) is 0 Å². The highest BCUT2D eigenvalue weighted by Gasteiger charge is 2.33. The van der Waals surface area contributed by atoms with Crippen LogP contribution in [0.15, 0.2) is 48.8 Å². The predicted octanol–water partition coefficient (Wildman–Crippen LogP) is 6.00. The second-order valence-electron chi connectivity index (χ2n) is 9.36. The van der Waals surface area contributed by atoms with Gasteiger partial charge in [0.15, 0.2) is 0 Å². The molecule has 2 aromatic heterocycles. The number of ether oxygens (including phenoxy) is 1. The van der Waals surface area contributed by atoms with E-state index in [9.17, 15) is 0 Å². The third-order valence-corrected chi connectivity index (χ3v) is 6.96. The van der Waals surface area contributed by atoms with Gasteiger partial charge in [-0.05, 0) is 38.8 Å². The zero-order valence-corrected chi connectivity index (χ0v) is 20.6. The van der Waals surface area contributed by atoms with Crippen LogP contribution in [0.4, 0.5) is 23.0 Å². The molecular formula is C26H29ClN6O. The molecule has 34 heavy (non-hydrogen) atoms. The Hall–Kier alpha value is -3.45. The summed E-state index contributed by atoms with van der Waals surface area (Å²) in [6.07, 6.45) is 5.92. The predicted molar refractivity (Wildman–Crippen MR) is 140 cm³/mol. The second-order valence-corrected chi connectivity index (χ2v) is 9.77. The second kappa shape index (κ2) is 8.40. The van der Waals surface area contributed by atoms with Crippen molar-refractivity contribution in [3.05, 3.63) is 53.8 Å². The number of aromatic nitrogens is 3. The van der Waals surface area contributed by atoms with Crippen LogP contribution in [-0.4, -0.2) is 33.7 Å². The van der Waals surface area contributed by atoms with Crippen LogP contribution < -0.4 is 20.7 Å². The monoisotopic (exact) mass is 476 g/mol. The van der Waals surface area contributed by atoms with Gasteiger partial charge in [0.2, 0.25) is 5.95 Å². The number of halogens is 1. The van der Waals surface area contributed by atoms with Crippen molar-refractivity contribution in [2.24, 2.45) is 7.05 Å². The number of nitrogens with one attached hydrogen (secondary N) is 1. The van der Waals surface area contributed by atoms with E-state index in [-0.39, 0.29) is 5.54 Å². The van der Waals surface area contributed by atoms with E-state index >= 15 is 0 Å². The Labute approximate surface area is 204 Å². The highest BCUT2D eigenvalue weighted by Crippen LogP contribution is 2.42. The van der Waals surface area contributed by atoms with Gasteiger partial charge in [-0.25, -0.2) is 9.97 Å². The summed E-state index contributed by atoms with van der Waals surface area (Å²) in [5.41, 5.74) is 11.7. The minimum absolute atomic E-state index is 0.0563. The molecule has 1 fully saturated rings. The fourth-order valence-electron chi connectivity index (χ4n) is 4.91. The Kier molecular flexibility index (Phi) is 5.52. The SMILES string of the molecule is COc1cc(N2CCCC2(C)C)c(N)cc1Nc1ncc(Cl)c(-c2cn(C)c3ccccc23)n1. The van der Waals surface area contributed by atoms with Gasteiger partial charge in [-0.1, -0.05) is 29.8 Å². The van der Waals surface area contributed by atoms with Crippen LogP contribution >= 0.6 is 11.6 Å². The maximum Gasteiger partial charge on any atom is 0.227 e. The number of nitrogen functional groups attached to an aromatic ring is 1. The molecule has 1 aliphatic rings. The number of fused-ring (bicyclic) bond motifs is 1.